The third kappa shape index (κ3) is 8.02. The number of benzene rings is 2. The predicted octanol–water partition coefficient (Wildman–Crippen LogP) is 2.88. The lowest BCUT2D eigenvalue weighted by Crippen LogP contribution is -2.46. The molecule has 0 heterocycles. The van der Waals surface area contributed by atoms with Gasteiger partial charge in [-0.1, -0.05) is 26.0 Å². The summed E-state index contributed by atoms with van der Waals surface area (Å²) in [6.45, 7) is 5.80. The average Bonchev–Trinajstić information content (AvgIpc) is 2.77. The van der Waals surface area contributed by atoms with Crippen molar-refractivity contribution in [2.75, 3.05) is 19.8 Å². The van der Waals surface area contributed by atoms with E-state index in [4.69, 9.17) is 9.47 Å². The number of carbonyl (C=O) groups is 3. The summed E-state index contributed by atoms with van der Waals surface area (Å²) >= 11 is 0. The number of nitrogens with one attached hydrogen (secondary N) is 2. The van der Waals surface area contributed by atoms with Crippen LogP contribution in [-0.2, 0) is 20.7 Å². The lowest BCUT2D eigenvalue weighted by atomic mass is 10.0. The van der Waals surface area contributed by atoms with Crippen LogP contribution in [0, 0.1) is 11.7 Å². The van der Waals surface area contributed by atoms with Crippen molar-refractivity contribution in [2.24, 2.45) is 5.92 Å². The number of hydrogen-bond donors (Lipinski definition) is 2. The molecular weight excluding hydrogens is 415 g/mol. The number of esters is 1. The topological polar surface area (TPSA) is 93.7 Å². The molecule has 0 aliphatic heterocycles. The standard InChI is InChI=1S/C24H29FN2O5/c1-4-31-20-11-7-18(8-12-20)23(29)27-22(16(2)3)24(30)32-15-21(28)26-14-13-17-5-9-19(25)10-6-17/h5-12,16,22H,4,13-15H2,1-3H3,(H,26,28)(H,27,29). The van der Waals surface area contributed by atoms with E-state index >= 15 is 0 Å². The fourth-order valence-electron chi connectivity index (χ4n) is 2.87. The lowest BCUT2D eigenvalue weighted by molar-refractivity contribution is -0.151. The quantitative estimate of drug-likeness (QED) is 0.520. The zero-order chi connectivity index (χ0) is 23.5. The molecule has 0 saturated heterocycles. The predicted molar refractivity (Wildman–Crippen MR) is 118 cm³/mol. The first-order valence-electron chi connectivity index (χ1n) is 10.5. The van der Waals surface area contributed by atoms with Crippen molar-refractivity contribution in [1.82, 2.24) is 10.6 Å². The van der Waals surface area contributed by atoms with Crippen molar-refractivity contribution < 1.29 is 28.2 Å². The van der Waals surface area contributed by atoms with Crippen LogP contribution >= 0.6 is 0 Å². The van der Waals surface area contributed by atoms with Crippen LogP contribution < -0.4 is 15.4 Å². The number of hydrogen-bond acceptors (Lipinski definition) is 5. The van der Waals surface area contributed by atoms with Gasteiger partial charge in [-0.3, -0.25) is 9.59 Å². The fourth-order valence-corrected chi connectivity index (χ4v) is 2.87. The van der Waals surface area contributed by atoms with Gasteiger partial charge in [-0.2, -0.15) is 0 Å². The van der Waals surface area contributed by atoms with Gasteiger partial charge in [0.25, 0.3) is 11.8 Å². The molecule has 2 N–H and O–H groups in total. The molecule has 32 heavy (non-hydrogen) atoms. The molecule has 0 aliphatic carbocycles. The second kappa shape index (κ2) is 12.4. The molecule has 0 radical (unpaired) electrons. The van der Waals surface area contributed by atoms with Crippen molar-refractivity contribution >= 4 is 17.8 Å². The maximum absolute atomic E-state index is 12.9. The number of amides is 2. The molecule has 1 atom stereocenters. The Balaban J connectivity index is 1.80. The summed E-state index contributed by atoms with van der Waals surface area (Å²) in [4.78, 5) is 36.9. The third-order valence-electron chi connectivity index (χ3n) is 4.63. The molecule has 0 fully saturated rings. The summed E-state index contributed by atoms with van der Waals surface area (Å²) < 4.78 is 23.4. The van der Waals surface area contributed by atoms with Crippen molar-refractivity contribution in [1.29, 1.82) is 0 Å². The minimum Gasteiger partial charge on any atom is -0.494 e. The van der Waals surface area contributed by atoms with E-state index in [0.29, 0.717) is 30.9 Å². The SMILES string of the molecule is CCOc1ccc(C(=O)NC(C(=O)OCC(=O)NCCc2ccc(F)cc2)C(C)C)cc1. The Kier molecular flexibility index (Phi) is 9.66. The largest absolute Gasteiger partial charge is 0.494 e. The zero-order valence-electron chi connectivity index (χ0n) is 18.5. The monoisotopic (exact) mass is 444 g/mol. The molecule has 7 nitrogen and oxygen atoms in total. The molecule has 2 amide bonds. The van der Waals surface area contributed by atoms with E-state index in [0.717, 1.165) is 5.56 Å². The van der Waals surface area contributed by atoms with E-state index in [2.05, 4.69) is 10.6 Å². The van der Waals surface area contributed by atoms with E-state index < -0.39 is 30.4 Å². The maximum atomic E-state index is 12.9. The number of carbonyl (C=O) groups excluding carboxylic acids is 3. The summed E-state index contributed by atoms with van der Waals surface area (Å²) in [5, 5.41) is 5.30. The van der Waals surface area contributed by atoms with Crippen LogP contribution in [0.5, 0.6) is 5.75 Å². The Morgan fingerprint density at radius 1 is 1.00 bits per heavy atom. The molecule has 8 heteroatoms. The second-order valence-electron chi connectivity index (χ2n) is 7.49. The molecule has 0 aliphatic rings. The van der Waals surface area contributed by atoms with Gasteiger partial charge in [0.05, 0.1) is 6.61 Å². The molecule has 2 aromatic carbocycles. The van der Waals surface area contributed by atoms with E-state index in [1.807, 2.05) is 6.92 Å². The lowest BCUT2D eigenvalue weighted by Gasteiger charge is -2.21. The van der Waals surface area contributed by atoms with Crippen LogP contribution in [0.25, 0.3) is 0 Å². The van der Waals surface area contributed by atoms with Gasteiger partial charge in [0.1, 0.15) is 17.6 Å². The molecule has 0 bridgehead atoms. The minimum absolute atomic E-state index is 0.240. The summed E-state index contributed by atoms with van der Waals surface area (Å²) in [6.07, 6.45) is 0.521. The first kappa shape index (κ1) is 24.8. The summed E-state index contributed by atoms with van der Waals surface area (Å²) in [5.74, 6) is -1.48. The Labute approximate surface area is 187 Å². The normalized spacial score (nSPS) is 11.5. The van der Waals surface area contributed by atoms with Gasteiger partial charge in [0.2, 0.25) is 0 Å². The second-order valence-corrected chi connectivity index (χ2v) is 7.49. The maximum Gasteiger partial charge on any atom is 0.329 e. The van der Waals surface area contributed by atoms with Crippen LogP contribution in [0.3, 0.4) is 0 Å². The highest BCUT2D eigenvalue weighted by Crippen LogP contribution is 2.13. The molecule has 172 valence electrons. The average molecular weight is 445 g/mol. The summed E-state index contributed by atoms with van der Waals surface area (Å²) in [7, 11) is 0. The molecule has 0 saturated carbocycles. The molecule has 0 aromatic heterocycles. The van der Waals surface area contributed by atoms with E-state index in [-0.39, 0.29) is 11.7 Å². The molecule has 2 rings (SSSR count). The number of rotatable bonds is 11. The zero-order valence-corrected chi connectivity index (χ0v) is 18.5. The summed E-state index contributed by atoms with van der Waals surface area (Å²) in [5.41, 5.74) is 1.26. The smallest absolute Gasteiger partial charge is 0.329 e. The van der Waals surface area contributed by atoms with E-state index in [1.54, 1.807) is 50.2 Å². The van der Waals surface area contributed by atoms with Crippen LogP contribution in [0.15, 0.2) is 48.5 Å². The van der Waals surface area contributed by atoms with Crippen LogP contribution in [0.4, 0.5) is 4.39 Å². The highest BCUT2D eigenvalue weighted by molar-refractivity contribution is 5.97. The van der Waals surface area contributed by atoms with Crippen molar-refractivity contribution in [3.05, 3.63) is 65.5 Å². The van der Waals surface area contributed by atoms with Crippen molar-refractivity contribution in [3.8, 4) is 5.75 Å². The van der Waals surface area contributed by atoms with Crippen molar-refractivity contribution in [3.63, 3.8) is 0 Å². The van der Waals surface area contributed by atoms with Gasteiger partial charge in [0.15, 0.2) is 6.61 Å². The molecule has 2 aromatic rings. The van der Waals surface area contributed by atoms with Gasteiger partial charge >= 0.3 is 5.97 Å². The first-order valence-corrected chi connectivity index (χ1v) is 10.5. The Bertz CT molecular complexity index is 898. The molecule has 0 spiro atoms. The van der Waals surface area contributed by atoms with Gasteiger partial charge < -0.3 is 20.1 Å². The van der Waals surface area contributed by atoms with E-state index in [1.165, 1.54) is 12.1 Å². The van der Waals surface area contributed by atoms with E-state index in [9.17, 15) is 18.8 Å². The summed E-state index contributed by atoms with van der Waals surface area (Å²) in [6, 6.07) is 11.7. The van der Waals surface area contributed by atoms with Gasteiger partial charge in [-0.15, -0.1) is 0 Å². The highest BCUT2D eigenvalue weighted by Gasteiger charge is 2.26. The van der Waals surface area contributed by atoms with Gasteiger partial charge in [-0.05, 0) is 61.2 Å². The van der Waals surface area contributed by atoms with Crippen LogP contribution in [-0.4, -0.2) is 43.6 Å². The fraction of sp³-hybridized carbons (Fsp3) is 0.375. The Morgan fingerprint density at radius 2 is 1.66 bits per heavy atom. The third-order valence-corrected chi connectivity index (χ3v) is 4.63. The first-order chi connectivity index (χ1) is 15.3. The van der Waals surface area contributed by atoms with Crippen molar-refractivity contribution in [2.45, 2.75) is 33.2 Å². The van der Waals surface area contributed by atoms with Crippen LogP contribution in [0.1, 0.15) is 36.7 Å². The molecule has 1 unspecified atom stereocenters. The minimum atomic E-state index is -0.902. The molecular formula is C24H29FN2O5. The number of ether oxygens (including phenoxy) is 2. The number of halogens is 1. The van der Waals surface area contributed by atoms with Gasteiger partial charge in [0, 0.05) is 12.1 Å². The van der Waals surface area contributed by atoms with Crippen LogP contribution in [0.2, 0.25) is 0 Å². The van der Waals surface area contributed by atoms with Gasteiger partial charge in [-0.25, -0.2) is 9.18 Å². The Hall–Kier alpha value is -3.42. The Morgan fingerprint density at radius 3 is 2.25 bits per heavy atom. The highest BCUT2D eigenvalue weighted by atomic mass is 19.1.